The van der Waals surface area contributed by atoms with Crippen LogP contribution in [0.25, 0.3) is 0 Å². The van der Waals surface area contributed by atoms with E-state index < -0.39 is 5.91 Å². The highest BCUT2D eigenvalue weighted by Crippen LogP contribution is 2.20. The minimum Gasteiger partial charge on any atom is -0.366 e. The first kappa shape index (κ1) is 15.8. The Morgan fingerprint density at radius 2 is 2.14 bits per heavy atom. The molecule has 0 saturated carbocycles. The molecule has 1 aromatic carbocycles. The quantitative estimate of drug-likeness (QED) is 0.763. The van der Waals surface area contributed by atoms with Gasteiger partial charge in [-0.1, -0.05) is 11.6 Å². The van der Waals surface area contributed by atoms with Gasteiger partial charge in [0.05, 0.1) is 17.1 Å². The van der Waals surface area contributed by atoms with Crippen molar-refractivity contribution in [2.24, 2.45) is 5.73 Å². The Kier molecular flexibility index (Phi) is 5.55. The van der Waals surface area contributed by atoms with Crippen molar-refractivity contribution >= 4 is 29.1 Å². The van der Waals surface area contributed by atoms with Crippen LogP contribution in [0.2, 0.25) is 5.02 Å². The molecule has 1 saturated heterocycles. The predicted molar refractivity (Wildman–Crippen MR) is 82.5 cm³/mol. The molecule has 1 heterocycles. The molecule has 0 radical (unpaired) electrons. The van der Waals surface area contributed by atoms with Crippen LogP contribution < -0.4 is 16.4 Å². The number of nitrogens with zero attached hydrogens (tertiary/aromatic N) is 1. The summed E-state index contributed by atoms with van der Waals surface area (Å²) in [6.07, 6.45) is 1.03. The molecule has 2 amide bonds. The summed E-state index contributed by atoms with van der Waals surface area (Å²) in [5.41, 5.74) is 5.95. The van der Waals surface area contributed by atoms with Gasteiger partial charge in [0, 0.05) is 18.8 Å². The zero-order valence-corrected chi connectivity index (χ0v) is 12.4. The highest BCUT2D eigenvalue weighted by molar-refractivity contribution is 6.33. The summed E-state index contributed by atoms with van der Waals surface area (Å²) in [4.78, 5) is 25.4. The third-order valence-electron chi connectivity index (χ3n) is 3.32. The van der Waals surface area contributed by atoms with Gasteiger partial charge in [-0.05, 0) is 37.7 Å². The lowest BCUT2D eigenvalue weighted by molar-refractivity contribution is -0.117. The molecular formula is C14H19ClN4O2. The smallest absolute Gasteiger partial charge is 0.250 e. The number of amides is 2. The van der Waals surface area contributed by atoms with E-state index in [2.05, 4.69) is 15.5 Å². The first-order valence-electron chi connectivity index (χ1n) is 6.88. The second kappa shape index (κ2) is 7.40. The van der Waals surface area contributed by atoms with Crippen molar-refractivity contribution in [3.05, 3.63) is 28.8 Å². The van der Waals surface area contributed by atoms with E-state index in [0.29, 0.717) is 12.2 Å². The number of anilines is 1. The summed E-state index contributed by atoms with van der Waals surface area (Å²) < 4.78 is 0. The van der Waals surface area contributed by atoms with E-state index in [1.54, 1.807) is 12.1 Å². The van der Waals surface area contributed by atoms with E-state index >= 15 is 0 Å². The number of hydrogen-bond acceptors (Lipinski definition) is 4. The first-order valence-corrected chi connectivity index (χ1v) is 7.26. The number of rotatable bonds is 4. The number of halogens is 1. The number of nitrogens with one attached hydrogen (secondary N) is 2. The Labute approximate surface area is 128 Å². The van der Waals surface area contributed by atoms with Gasteiger partial charge in [-0.3, -0.25) is 14.5 Å². The van der Waals surface area contributed by atoms with Crippen molar-refractivity contribution in [3.63, 3.8) is 0 Å². The predicted octanol–water partition coefficient (Wildman–Crippen LogP) is 0.673. The van der Waals surface area contributed by atoms with E-state index in [1.807, 2.05) is 0 Å². The maximum Gasteiger partial charge on any atom is 0.250 e. The van der Waals surface area contributed by atoms with Gasteiger partial charge in [0.1, 0.15) is 0 Å². The molecule has 0 aliphatic carbocycles. The SMILES string of the molecule is NC(=O)c1cc(NC(=O)CN2CCCNCC2)ccc1Cl. The molecule has 1 aromatic rings. The van der Waals surface area contributed by atoms with Gasteiger partial charge in [-0.2, -0.15) is 0 Å². The number of carbonyl (C=O) groups excluding carboxylic acids is 2. The maximum absolute atomic E-state index is 12.0. The third kappa shape index (κ3) is 4.70. The van der Waals surface area contributed by atoms with Gasteiger partial charge in [-0.25, -0.2) is 0 Å². The Morgan fingerprint density at radius 3 is 2.90 bits per heavy atom. The average Bonchev–Trinajstić information content (AvgIpc) is 2.69. The first-order chi connectivity index (χ1) is 10.1. The molecule has 0 bridgehead atoms. The zero-order valence-electron chi connectivity index (χ0n) is 11.7. The van der Waals surface area contributed by atoms with Crippen molar-refractivity contribution in [1.82, 2.24) is 10.2 Å². The minimum absolute atomic E-state index is 0.116. The lowest BCUT2D eigenvalue weighted by Crippen LogP contribution is -2.35. The van der Waals surface area contributed by atoms with Crippen LogP contribution in [-0.4, -0.2) is 49.4 Å². The molecule has 21 heavy (non-hydrogen) atoms. The van der Waals surface area contributed by atoms with Crippen LogP contribution in [0.4, 0.5) is 5.69 Å². The van der Waals surface area contributed by atoms with Crippen molar-refractivity contribution in [3.8, 4) is 0 Å². The van der Waals surface area contributed by atoms with Crippen molar-refractivity contribution in [2.75, 3.05) is 38.0 Å². The Hall–Kier alpha value is -1.63. The van der Waals surface area contributed by atoms with Crippen LogP contribution >= 0.6 is 11.6 Å². The average molecular weight is 311 g/mol. The van der Waals surface area contributed by atoms with Crippen molar-refractivity contribution in [1.29, 1.82) is 0 Å². The molecule has 0 spiro atoms. The fraction of sp³-hybridized carbons (Fsp3) is 0.429. The van der Waals surface area contributed by atoms with Gasteiger partial charge in [0.15, 0.2) is 0 Å². The summed E-state index contributed by atoms with van der Waals surface area (Å²) in [6.45, 7) is 3.95. The van der Waals surface area contributed by atoms with Gasteiger partial charge in [0.2, 0.25) is 11.8 Å². The molecule has 0 unspecified atom stereocenters. The number of benzene rings is 1. The lowest BCUT2D eigenvalue weighted by Gasteiger charge is -2.18. The van der Waals surface area contributed by atoms with Crippen molar-refractivity contribution in [2.45, 2.75) is 6.42 Å². The van der Waals surface area contributed by atoms with E-state index in [4.69, 9.17) is 17.3 Å². The number of hydrogen-bond donors (Lipinski definition) is 3. The topological polar surface area (TPSA) is 87.5 Å². The Morgan fingerprint density at radius 1 is 1.33 bits per heavy atom. The monoisotopic (exact) mass is 310 g/mol. The summed E-state index contributed by atoms with van der Waals surface area (Å²) in [5, 5.41) is 6.33. The fourth-order valence-corrected chi connectivity index (χ4v) is 2.47. The van der Waals surface area contributed by atoms with E-state index in [1.165, 1.54) is 6.07 Å². The molecule has 114 valence electrons. The highest BCUT2D eigenvalue weighted by atomic mass is 35.5. The van der Waals surface area contributed by atoms with Gasteiger partial charge >= 0.3 is 0 Å². The van der Waals surface area contributed by atoms with E-state index in [0.717, 1.165) is 32.6 Å². The molecule has 6 nitrogen and oxygen atoms in total. The van der Waals surface area contributed by atoms with Crippen LogP contribution in [0.5, 0.6) is 0 Å². The summed E-state index contributed by atoms with van der Waals surface area (Å²) in [6, 6.07) is 4.69. The molecule has 1 fully saturated rings. The normalized spacial score (nSPS) is 16.2. The minimum atomic E-state index is -0.616. The number of primary amides is 1. The number of nitrogens with two attached hydrogens (primary N) is 1. The second-order valence-electron chi connectivity index (χ2n) is 4.99. The van der Waals surface area contributed by atoms with Crippen LogP contribution in [-0.2, 0) is 4.79 Å². The van der Waals surface area contributed by atoms with Gasteiger partial charge < -0.3 is 16.4 Å². The molecule has 7 heteroatoms. The largest absolute Gasteiger partial charge is 0.366 e. The standard InChI is InChI=1S/C14H19ClN4O2/c15-12-3-2-10(8-11(12)14(16)21)18-13(20)9-19-6-1-4-17-5-7-19/h2-3,8,17H,1,4-7,9H2,(H2,16,21)(H,18,20). The van der Waals surface area contributed by atoms with E-state index in [-0.39, 0.29) is 16.5 Å². The Bertz CT molecular complexity index is 528. The van der Waals surface area contributed by atoms with Gasteiger partial charge in [-0.15, -0.1) is 0 Å². The zero-order chi connectivity index (χ0) is 15.2. The van der Waals surface area contributed by atoms with E-state index in [9.17, 15) is 9.59 Å². The highest BCUT2D eigenvalue weighted by Gasteiger charge is 2.14. The molecule has 0 atom stereocenters. The molecule has 4 N–H and O–H groups in total. The fourth-order valence-electron chi connectivity index (χ4n) is 2.26. The van der Waals surface area contributed by atoms with Crippen LogP contribution in [0, 0.1) is 0 Å². The summed E-state index contributed by atoms with van der Waals surface area (Å²) in [5.74, 6) is -0.732. The maximum atomic E-state index is 12.0. The van der Waals surface area contributed by atoms with Crippen LogP contribution in [0.1, 0.15) is 16.8 Å². The molecule has 1 aliphatic rings. The third-order valence-corrected chi connectivity index (χ3v) is 3.65. The molecule has 0 aromatic heterocycles. The molecule has 1 aliphatic heterocycles. The van der Waals surface area contributed by atoms with Crippen LogP contribution in [0.15, 0.2) is 18.2 Å². The number of carbonyl (C=O) groups is 2. The lowest BCUT2D eigenvalue weighted by atomic mass is 10.2. The summed E-state index contributed by atoms with van der Waals surface area (Å²) >= 11 is 5.87. The van der Waals surface area contributed by atoms with Crippen molar-refractivity contribution < 1.29 is 9.59 Å². The Balaban J connectivity index is 1.95. The summed E-state index contributed by atoms with van der Waals surface area (Å²) in [7, 11) is 0. The van der Waals surface area contributed by atoms with Gasteiger partial charge in [0.25, 0.3) is 0 Å². The molecular weight excluding hydrogens is 292 g/mol. The van der Waals surface area contributed by atoms with Crippen LogP contribution in [0.3, 0.4) is 0 Å². The molecule has 2 rings (SSSR count). The second-order valence-corrected chi connectivity index (χ2v) is 5.39.